The molecule has 6 rings (SSSR count). The number of rotatable bonds is 5. The van der Waals surface area contributed by atoms with Gasteiger partial charge >= 0.3 is 11.9 Å². The Morgan fingerprint density at radius 1 is 1.11 bits per heavy atom. The Bertz CT molecular complexity index is 1740. The predicted molar refractivity (Wildman–Crippen MR) is 123 cm³/mol. The number of imidazole rings is 1. The lowest BCUT2D eigenvalue weighted by atomic mass is 10.0. The van der Waals surface area contributed by atoms with E-state index in [1.165, 1.54) is 12.4 Å². The maximum Gasteiger partial charge on any atom is 0.422 e. The molecule has 9 nitrogen and oxygen atoms in total. The van der Waals surface area contributed by atoms with Crippen molar-refractivity contribution in [1.82, 2.24) is 29.5 Å². The Hall–Kier alpha value is -4.48. The number of nitrogens with one attached hydrogen (secondary N) is 2. The van der Waals surface area contributed by atoms with Crippen LogP contribution >= 0.6 is 0 Å². The van der Waals surface area contributed by atoms with Crippen LogP contribution in [0.25, 0.3) is 27.8 Å². The van der Waals surface area contributed by atoms with Crippen LogP contribution in [0.15, 0.2) is 64.7 Å². The minimum Gasteiger partial charge on any atom is -0.482 e. The molecular formula is C24H17F3N6O3. The van der Waals surface area contributed by atoms with Gasteiger partial charge in [0.2, 0.25) is 0 Å². The summed E-state index contributed by atoms with van der Waals surface area (Å²) < 4.78 is 45.2. The highest BCUT2D eigenvalue weighted by Gasteiger charge is 2.42. The number of alkyl halides is 3. The first kappa shape index (κ1) is 22.0. The molecule has 182 valence electrons. The van der Waals surface area contributed by atoms with Gasteiger partial charge in [-0.3, -0.25) is 14.8 Å². The molecule has 0 aliphatic heterocycles. The van der Waals surface area contributed by atoms with E-state index in [1.54, 1.807) is 41.2 Å². The Balaban J connectivity index is 1.40. The van der Waals surface area contributed by atoms with E-state index in [0.29, 0.717) is 22.2 Å². The molecule has 36 heavy (non-hydrogen) atoms. The van der Waals surface area contributed by atoms with Gasteiger partial charge in [0.15, 0.2) is 12.3 Å². The molecule has 2 atom stereocenters. The minimum atomic E-state index is -4.47. The monoisotopic (exact) mass is 494 g/mol. The van der Waals surface area contributed by atoms with Crippen LogP contribution in [-0.4, -0.2) is 42.3 Å². The molecule has 0 bridgehead atoms. The van der Waals surface area contributed by atoms with Gasteiger partial charge in [0.25, 0.3) is 5.56 Å². The van der Waals surface area contributed by atoms with E-state index in [1.807, 2.05) is 6.07 Å². The summed E-state index contributed by atoms with van der Waals surface area (Å²) in [7, 11) is 0. The Morgan fingerprint density at radius 2 is 1.97 bits per heavy atom. The van der Waals surface area contributed by atoms with Gasteiger partial charge in [-0.1, -0.05) is 6.07 Å². The maximum absolute atomic E-state index is 12.8. The molecule has 4 heterocycles. The molecule has 2 N–H and O–H groups in total. The van der Waals surface area contributed by atoms with Crippen LogP contribution in [0.1, 0.15) is 29.4 Å². The van der Waals surface area contributed by atoms with E-state index in [2.05, 4.69) is 25.0 Å². The summed E-state index contributed by atoms with van der Waals surface area (Å²) in [5.74, 6) is 0.0581. The third-order valence-corrected chi connectivity index (χ3v) is 6.18. The average molecular weight is 494 g/mol. The molecule has 1 unspecified atom stereocenters. The summed E-state index contributed by atoms with van der Waals surface area (Å²) in [6, 6.07) is 8.78. The normalized spacial score (nSPS) is 17.5. The van der Waals surface area contributed by atoms with Crippen molar-refractivity contribution >= 4 is 16.6 Å². The van der Waals surface area contributed by atoms with Gasteiger partial charge in [-0.25, -0.2) is 14.3 Å². The van der Waals surface area contributed by atoms with E-state index < -0.39 is 24.0 Å². The van der Waals surface area contributed by atoms with Crippen LogP contribution in [0.5, 0.6) is 5.75 Å². The highest BCUT2D eigenvalue weighted by molar-refractivity contribution is 5.85. The van der Waals surface area contributed by atoms with E-state index in [0.717, 1.165) is 17.5 Å². The highest BCUT2D eigenvalue weighted by atomic mass is 19.4. The van der Waals surface area contributed by atoms with Crippen LogP contribution in [0.2, 0.25) is 0 Å². The number of fused-ring (bicyclic) bond motifs is 2. The molecule has 1 aliphatic carbocycles. The molecular weight excluding hydrogens is 477 g/mol. The van der Waals surface area contributed by atoms with Crippen LogP contribution in [-0.2, 0) is 0 Å². The standard InChI is InChI=1S/C24H17F3N6O3/c25-24(26,27)11-36-19-7-13(6-12-2-1-3-28-20(12)19)14-8-15(14)16-9-18(32-33-5-4-29-21(16)33)17-10-30-23(35)31-22(17)34/h1-7,9-10,14-15H,8,11H2,(H2,30,31,34,35)/t14?,15-/m0/s1. The number of aromatic nitrogens is 6. The molecule has 12 heteroatoms. The Kier molecular flexibility index (Phi) is 4.92. The number of aromatic amines is 2. The van der Waals surface area contributed by atoms with Crippen molar-refractivity contribution in [2.24, 2.45) is 0 Å². The van der Waals surface area contributed by atoms with Crippen molar-refractivity contribution in [3.05, 3.63) is 87.1 Å². The highest BCUT2D eigenvalue weighted by Crippen LogP contribution is 2.56. The third kappa shape index (κ3) is 4.00. The number of hydrogen-bond donors (Lipinski definition) is 2. The first-order valence-electron chi connectivity index (χ1n) is 11.0. The quantitative estimate of drug-likeness (QED) is 0.386. The lowest BCUT2D eigenvalue weighted by Gasteiger charge is -2.13. The van der Waals surface area contributed by atoms with Crippen molar-refractivity contribution in [2.75, 3.05) is 6.61 Å². The van der Waals surface area contributed by atoms with Crippen molar-refractivity contribution in [3.8, 4) is 17.0 Å². The fourth-order valence-electron chi connectivity index (χ4n) is 4.52. The zero-order valence-corrected chi connectivity index (χ0v) is 18.4. The first-order valence-corrected chi connectivity index (χ1v) is 11.0. The topological polar surface area (TPSA) is 118 Å². The lowest BCUT2D eigenvalue weighted by molar-refractivity contribution is -0.153. The molecule has 5 aromatic rings. The summed E-state index contributed by atoms with van der Waals surface area (Å²) in [6.45, 7) is -1.41. The number of H-pyrrole nitrogens is 2. The molecule has 1 saturated carbocycles. The Labute approximate surface area is 199 Å². The van der Waals surface area contributed by atoms with E-state index in [4.69, 9.17) is 4.74 Å². The minimum absolute atomic E-state index is 0.00698. The van der Waals surface area contributed by atoms with E-state index >= 15 is 0 Å². The second kappa shape index (κ2) is 8.04. The first-order chi connectivity index (χ1) is 17.3. The number of halogens is 3. The lowest BCUT2D eigenvalue weighted by Crippen LogP contribution is -2.23. The number of pyridine rings is 1. The fourth-order valence-corrected chi connectivity index (χ4v) is 4.52. The zero-order chi connectivity index (χ0) is 25.0. The average Bonchev–Trinajstić information content (AvgIpc) is 3.49. The van der Waals surface area contributed by atoms with Crippen LogP contribution in [0, 0.1) is 0 Å². The smallest absolute Gasteiger partial charge is 0.422 e. The largest absolute Gasteiger partial charge is 0.482 e. The number of benzene rings is 1. The van der Waals surface area contributed by atoms with E-state index in [-0.39, 0.29) is 23.1 Å². The zero-order valence-electron chi connectivity index (χ0n) is 18.4. The fraction of sp³-hybridized carbons (Fsp3) is 0.208. The van der Waals surface area contributed by atoms with Crippen LogP contribution in [0.4, 0.5) is 13.2 Å². The van der Waals surface area contributed by atoms with Crippen molar-refractivity contribution < 1.29 is 17.9 Å². The van der Waals surface area contributed by atoms with Crippen molar-refractivity contribution in [1.29, 1.82) is 0 Å². The predicted octanol–water partition coefficient (Wildman–Crippen LogP) is 3.53. The summed E-state index contributed by atoms with van der Waals surface area (Å²) >= 11 is 0. The molecule has 1 aromatic carbocycles. The van der Waals surface area contributed by atoms with Gasteiger partial charge in [-0.2, -0.15) is 18.3 Å². The Morgan fingerprint density at radius 3 is 2.78 bits per heavy atom. The second-order valence-electron chi connectivity index (χ2n) is 8.61. The molecule has 1 aliphatic rings. The van der Waals surface area contributed by atoms with Gasteiger partial charge in [0.05, 0.1) is 11.3 Å². The van der Waals surface area contributed by atoms with Crippen molar-refractivity contribution in [2.45, 2.75) is 24.4 Å². The van der Waals surface area contributed by atoms with E-state index in [9.17, 15) is 22.8 Å². The van der Waals surface area contributed by atoms with Gasteiger partial charge in [-0.15, -0.1) is 0 Å². The summed E-state index contributed by atoms with van der Waals surface area (Å²) in [6.07, 6.45) is 2.31. The van der Waals surface area contributed by atoms with Gasteiger partial charge < -0.3 is 9.72 Å². The summed E-state index contributed by atoms with van der Waals surface area (Å²) in [5, 5.41) is 5.12. The summed E-state index contributed by atoms with van der Waals surface area (Å²) in [5.41, 5.74) is 2.00. The number of nitrogens with zero attached hydrogens (tertiary/aromatic N) is 4. The molecule has 0 saturated heterocycles. The van der Waals surface area contributed by atoms with Gasteiger partial charge in [-0.05, 0) is 48.1 Å². The van der Waals surface area contributed by atoms with Crippen LogP contribution < -0.4 is 16.0 Å². The number of hydrogen-bond acceptors (Lipinski definition) is 6. The summed E-state index contributed by atoms with van der Waals surface area (Å²) in [4.78, 5) is 37.0. The molecule has 0 amide bonds. The molecule has 4 aromatic heterocycles. The number of ether oxygens (including phenoxy) is 1. The molecule has 1 fully saturated rings. The van der Waals surface area contributed by atoms with Crippen molar-refractivity contribution in [3.63, 3.8) is 0 Å². The van der Waals surface area contributed by atoms with Gasteiger partial charge in [0.1, 0.15) is 11.3 Å². The molecule has 0 radical (unpaired) electrons. The maximum atomic E-state index is 12.8. The molecule has 0 spiro atoms. The second-order valence-corrected chi connectivity index (χ2v) is 8.61. The van der Waals surface area contributed by atoms with Crippen LogP contribution in [0.3, 0.4) is 0 Å². The van der Waals surface area contributed by atoms with Gasteiger partial charge in [0, 0.05) is 35.7 Å². The SMILES string of the molecule is O=c1[nH]cc(-c2cc([C@H]3CC3c3cc(OCC(F)(F)F)c4ncccc4c3)c3nccn3n2)c(=O)[nH]1. The third-order valence-electron chi connectivity index (χ3n) is 6.18.